The van der Waals surface area contributed by atoms with Gasteiger partial charge in [0.05, 0.1) is 18.6 Å². The van der Waals surface area contributed by atoms with Crippen LogP contribution in [0.4, 0.5) is 5.69 Å². The van der Waals surface area contributed by atoms with Gasteiger partial charge < -0.3 is 9.47 Å². The van der Waals surface area contributed by atoms with E-state index in [0.717, 1.165) is 17.1 Å². The Hall–Kier alpha value is -2.63. The van der Waals surface area contributed by atoms with Crippen molar-refractivity contribution < 1.29 is 14.3 Å². The van der Waals surface area contributed by atoms with Gasteiger partial charge in [0.1, 0.15) is 22.6 Å². The third-order valence-corrected chi connectivity index (χ3v) is 5.84. The molecule has 3 aromatic carbocycles. The summed E-state index contributed by atoms with van der Waals surface area (Å²) in [6.45, 7) is 0. The number of carbonyl (C=O) groups excluding carboxylic acids is 1. The van der Waals surface area contributed by atoms with Gasteiger partial charge in [-0.25, -0.2) is 0 Å². The van der Waals surface area contributed by atoms with E-state index in [9.17, 15) is 4.79 Å². The van der Waals surface area contributed by atoms with Crippen molar-refractivity contribution in [2.75, 3.05) is 17.8 Å². The molecule has 0 saturated carbocycles. The van der Waals surface area contributed by atoms with Crippen LogP contribution in [0.5, 0.6) is 17.2 Å². The Labute approximate surface area is 173 Å². The van der Waals surface area contributed by atoms with Crippen LogP contribution in [0.1, 0.15) is 10.9 Å². The van der Waals surface area contributed by atoms with Crippen molar-refractivity contribution in [3.8, 4) is 17.2 Å². The maximum Gasteiger partial charge on any atom is 0.238 e. The first kappa shape index (κ1) is 18.7. The number of hydrogen-bond acceptors (Lipinski definition) is 4. The molecule has 3 aromatic rings. The van der Waals surface area contributed by atoms with E-state index in [0.29, 0.717) is 22.2 Å². The van der Waals surface area contributed by atoms with Crippen molar-refractivity contribution >= 4 is 35.0 Å². The molecule has 0 radical (unpaired) electrons. The molecule has 0 aliphatic carbocycles. The van der Waals surface area contributed by atoms with Crippen LogP contribution in [-0.4, -0.2) is 18.8 Å². The van der Waals surface area contributed by atoms with Crippen molar-refractivity contribution in [2.45, 2.75) is 5.37 Å². The lowest BCUT2D eigenvalue weighted by Crippen LogP contribution is -2.28. The number of rotatable bonds is 5. The van der Waals surface area contributed by atoms with E-state index in [-0.39, 0.29) is 11.3 Å². The Morgan fingerprint density at radius 1 is 1.00 bits per heavy atom. The Morgan fingerprint density at radius 3 is 2.57 bits per heavy atom. The molecule has 4 nitrogen and oxygen atoms in total. The van der Waals surface area contributed by atoms with E-state index >= 15 is 0 Å². The Morgan fingerprint density at radius 2 is 1.79 bits per heavy atom. The van der Waals surface area contributed by atoms with E-state index in [1.807, 2.05) is 54.6 Å². The number of ether oxygens (including phenoxy) is 2. The first-order chi connectivity index (χ1) is 13.7. The summed E-state index contributed by atoms with van der Waals surface area (Å²) in [5.74, 6) is 2.51. The molecule has 0 unspecified atom stereocenters. The summed E-state index contributed by atoms with van der Waals surface area (Å²) in [5.41, 5.74) is 1.65. The van der Waals surface area contributed by atoms with Crippen LogP contribution in [0.3, 0.4) is 0 Å². The van der Waals surface area contributed by atoms with Crippen molar-refractivity contribution in [3.05, 3.63) is 83.4 Å². The SMILES string of the molecule is COc1ccc(Cl)cc1N1C(=O)CS[C@H]1c1cccc(Oc2ccccc2)c1. The van der Waals surface area contributed by atoms with Gasteiger partial charge in [0.2, 0.25) is 5.91 Å². The number of anilines is 1. The maximum absolute atomic E-state index is 12.7. The minimum atomic E-state index is -0.181. The van der Waals surface area contributed by atoms with Crippen LogP contribution >= 0.6 is 23.4 Å². The highest BCUT2D eigenvalue weighted by Gasteiger charge is 2.36. The zero-order valence-corrected chi connectivity index (χ0v) is 16.7. The molecule has 0 bridgehead atoms. The number of carbonyl (C=O) groups is 1. The number of para-hydroxylation sites is 1. The zero-order chi connectivity index (χ0) is 19.5. The van der Waals surface area contributed by atoms with E-state index in [1.165, 1.54) is 0 Å². The monoisotopic (exact) mass is 411 g/mol. The molecule has 142 valence electrons. The van der Waals surface area contributed by atoms with Gasteiger partial charge in [-0.15, -0.1) is 11.8 Å². The second kappa shape index (κ2) is 8.17. The fraction of sp³-hybridized carbons (Fsp3) is 0.136. The predicted octanol–water partition coefficient (Wildman–Crippen LogP) is 5.92. The normalized spacial score (nSPS) is 16.3. The highest BCUT2D eigenvalue weighted by Crippen LogP contribution is 2.46. The van der Waals surface area contributed by atoms with Crippen LogP contribution in [-0.2, 0) is 4.79 Å². The van der Waals surface area contributed by atoms with Crippen LogP contribution in [0, 0.1) is 0 Å². The molecule has 6 heteroatoms. The topological polar surface area (TPSA) is 38.8 Å². The van der Waals surface area contributed by atoms with Gasteiger partial charge >= 0.3 is 0 Å². The molecule has 0 aromatic heterocycles. The number of nitrogens with zero attached hydrogens (tertiary/aromatic N) is 1. The van der Waals surface area contributed by atoms with Gasteiger partial charge in [-0.2, -0.15) is 0 Å². The number of benzene rings is 3. The molecule has 1 saturated heterocycles. The van der Waals surface area contributed by atoms with Gasteiger partial charge in [-0.1, -0.05) is 41.9 Å². The number of thioether (sulfide) groups is 1. The third kappa shape index (κ3) is 3.81. The fourth-order valence-corrected chi connectivity index (χ4v) is 4.46. The quantitative estimate of drug-likeness (QED) is 0.522. The highest BCUT2D eigenvalue weighted by molar-refractivity contribution is 8.00. The molecule has 1 amide bonds. The van der Waals surface area contributed by atoms with Gasteiger partial charge in [0.15, 0.2) is 0 Å². The van der Waals surface area contributed by atoms with Gasteiger partial charge in [-0.05, 0) is 48.0 Å². The number of methoxy groups -OCH3 is 1. The van der Waals surface area contributed by atoms with Crippen molar-refractivity contribution in [1.29, 1.82) is 0 Å². The van der Waals surface area contributed by atoms with Crippen LogP contribution in [0.15, 0.2) is 72.8 Å². The molecule has 1 heterocycles. The van der Waals surface area contributed by atoms with Crippen LogP contribution < -0.4 is 14.4 Å². The molecule has 1 atom stereocenters. The highest BCUT2D eigenvalue weighted by atomic mass is 35.5. The lowest BCUT2D eigenvalue weighted by atomic mass is 10.1. The summed E-state index contributed by atoms with van der Waals surface area (Å²) in [6.07, 6.45) is 0. The first-order valence-electron chi connectivity index (χ1n) is 8.76. The van der Waals surface area contributed by atoms with Gasteiger partial charge in [0, 0.05) is 5.02 Å². The summed E-state index contributed by atoms with van der Waals surface area (Å²) in [6, 6.07) is 22.7. The fourth-order valence-electron chi connectivity index (χ4n) is 3.14. The van der Waals surface area contributed by atoms with Crippen molar-refractivity contribution in [2.24, 2.45) is 0 Å². The molecule has 28 heavy (non-hydrogen) atoms. The lowest BCUT2D eigenvalue weighted by molar-refractivity contribution is -0.115. The summed E-state index contributed by atoms with van der Waals surface area (Å²) < 4.78 is 11.4. The van der Waals surface area contributed by atoms with E-state index in [2.05, 4.69) is 0 Å². The minimum absolute atomic E-state index is 0.0185. The minimum Gasteiger partial charge on any atom is -0.495 e. The smallest absolute Gasteiger partial charge is 0.238 e. The molecule has 1 fully saturated rings. The van der Waals surface area contributed by atoms with E-state index in [4.69, 9.17) is 21.1 Å². The van der Waals surface area contributed by atoms with Crippen LogP contribution in [0.25, 0.3) is 0 Å². The third-order valence-electron chi connectivity index (χ3n) is 4.39. The predicted molar refractivity (Wildman–Crippen MR) is 114 cm³/mol. The summed E-state index contributed by atoms with van der Waals surface area (Å²) in [7, 11) is 1.59. The molecular formula is C22H18ClNO3S. The standard InChI is InChI=1S/C22H18ClNO3S/c1-26-20-11-10-16(23)13-19(20)24-21(25)14-28-22(24)15-6-5-9-18(12-15)27-17-7-3-2-4-8-17/h2-13,22H,14H2,1H3/t22-/m0/s1. The van der Waals surface area contributed by atoms with Gasteiger partial charge in [-0.3, -0.25) is 9.69 Å². The Balaban J connectivity index is 1.68. The number of halogens is 1. The molecule has 1 aliphatic rings. The van der Waals surface area contributed by atoms with Crippen LogP contribution in [0.2, 0.25) is 5.02 Å². The number of hydrogen-bond donors (Lipinski definition) is 0. The summed E-state index contributed by atoms with van der Waals surface area (Å²) in [5, 5.41) is 0.375. The summed E-state index contributed by atoms with van der Waals surface area (Å²) in [4.78, 5) is 14.4. The molecule has 0 spiro atoms. The zero-order valence-electron chi connectivity index (χ0n) is 15.2. The Bertz CT molecular complexity index is 996. The van der Waals surface area contributed by atoms with Crippen molar-refractivity contribution in [3.63, 3.8) is 0 Å². The largest absolute Gasteiger partial charge is 0.495 e. The first-order valence-corrected chi connectivity index (χ1v) is 10.2. The lowest BCUT2D eigenvalue weighted by Gasteiger charge is -2.26. The molecule has 4 rings (SSSR count). The average Bonchev–Trinajstić information content (AvgIpc) is 3.10. The second-order valence-corrected chi connectivity index (χ2v) is 7.74. The molecule has 1 aliphatic heterocycles. The van der Waals surface area contributed by atoms with Gasteiger partial charge in [0.25, 0.3) is 0 Å². The Kier molecular flexibility index (Phi) is 5.46. The molecular weight excluding hydrogens is 394 g/mol. The maximum atomic E-state index is 12.7. The second-order valence-electron chi connectivity index (χ2n) is 6.23. The van der Waals surface area contributed by atoms with E-state index < -0.39 is 0 Å². The average molecular weight is 412 g/mol. The molecule has 0 N–H and O–H groups in total. The number of amides is 1. The van der Waals surface area contributed by atoms with E-state index in [1.54, 1.807) is 42.0 Å². The summed E-state index contributed by atoms with van der Waals surface area (Å²) >= 11 is 7.76. The van der Waals surface area contributed by atoms with Crippen molar-refractivity contribution in [1.82, 2.24) is 0 Å².